The van der Waals surface area contributed by atoms with Crippen molar-refractivity contribution in [2.75, 3.05) is 13.2 Å². The molecule has 18 heavy (non-hydrogen) atoms. The number of aliphatic hydroxyl groups is 1. The van der Waals surface area contributed by atoms with Crippen molar-refractivity contribution in [1.29, 1.82) is 0 Å². The van der Waals surface area contributed by atoms with Crippen LogP contribution in [-0.2, 0) is 4.74 Å². The van der Waals surface area contributed by atoms with Crippen LogP contribution in [0.1, 0.15) is 60.8 Å². The predicted molar refractivity (Wildman–Crippen MR) is 77.9 cm³/mol. The van der Waals surface area contributed by atoms with E-state index in [0.29, 0.717) is 19.2 Å². The van der Waals surface area contributed by atoms with E-state index in [-0.39, 0.29) is 5.60 Å². The lowest BCUT2D eigenvalue weighted by atomic mass is 10.0. The Bertz CT molecular complexity index is 199. The van der Waals surface area contributed by atoms with Gasteiger partial charge in [-0.05, 0) is 40.0 Å². The maximum atomic E-state index is 9.79. The Balaban J connectivity index is 3.56. The van der Waals surface area contributed by atoms with Crippen LogP contribution in [-0.4, -0.2) is 36.0 Å². The zero-order valence-corrected chi connectivity index (χ0v) is 13.1. The molecule has 2 N–H and O–H groups in total. The number of hydrogen-bond acceptors (Lipinski definition) is 3. The number of nitrogens with one attached hydrogen (secondary N) is 1. The molecule has 0 bridgehead atoms. The van der Waals surface area contributed by atoms with E-state index in [4.69, 9.17) is 4.74 Å². The summed E-state index contributed by atoms with van der Waals surface area (Å²) in [6.45, 7) is 13.7. The summed E-state index contributed by atoms with van der Waals surface area (Å²) in [6, 6.07) is 0.466. The molecule has 0 aliphatic rings. The van der Waals surface area contributed by atoms with Gasteiger partial charge >= 0.3 is 0 Å². The zero-order valence-electron chi connectivity index (χ0n) is 13.1. The summed E-state index contributed by atoms with van der Waals surface area (Å²) in [6.07, 6.45) is 3.28. The smallest absolute Gasteiger partial charge is 0.0898 e. The Hall–Kier alpha value is -0.120. The maximum Gasteiger partial charge on any atom is 0.0898 e. The topological polar surface area (TPSA) is 41.5 Å². The van der Waals surface area contributed by atoms with Gasteiger partial charge in [0.2, 0.25) is 0 Å². The molecule has 0 spiro atoms. The van der Waals surface area contributed by atoms with Crippen LogP contribution >= 0.6 is 0 Å². The monoisotopic (exact) mass is 259 g/mol. The first-order valence-electron chi connectivity index (χ1n) is 7.26. The molecule has 110 valence electrons. The lowest BCUT2D eigenvalue weighted by Gasteiger charge is -2.23. The van der Waals surface area contributed by atoms with Gasteiger partial charge in [-0.3, -0.25) is 0 Å². The summed E-state index contributed by atoms with van der Waals surface area (Å²) < 4.78 is 5.55. The summed E-state index contributed by atoms with van der Waals surface area (Å²) in [7, 11) is 0. The number of aliphatic hydroxyl groups excluding tert-OH is 1. The molecular weight excluding hydrogens is 226 g/mol. The molecule has 0 aliphatic carbocycles. The third kappa shape index (κ3) is 12.3. The highest BCUT2D eigenvalue weighted by Gasteiger charge is 2.14. The van der Waals surface area contributed by atoms with E-state index in [1.807, 2.05) is 20.8 Å². The van der Waals surface area contributed by atoms with Gasteiger partial charge in [0.25, 0.3) is 0 Å². The van der Waals surface area contributed by atoms with Crippen molar-refractivity contribution in [2.24, 2.45) is 5.92 Å². The van der Waals surface area contributed by atoms with Crippen molar-refractivity contribution in [1.82, 2.24) is 5.32 Å². The molecule has 0 rings (SSSR count). The van der Waals surface area contributed by atoms with Crippen LogP contribution < -0.4 is 5.32 Å². The van der Waals surface area contributed by atoms with Gasteiger partial charge in [0.1, 0.15) is 0 Å². The molecule has 0 aromatic rings. The van der Waals surface area contributed by atoms with Gasteiger partial charge in [-0.25, -0.2) is 0 Å². The van der Waals surface area contributed by atoms with Gasteiger partial charge in [-0.2, -0.15) is 0 Å². The second-order valence-electron chi connectivity index (χ2n) is 6.71. The van der Waals surface area contributed by atoms with E-state index in [9.17, 15) is 5.11 Å². The van der Waals surface area contributed by atoms with Crippen molar-refractivity contribution in [3.05, 3.63) is 0 Å². The molecule has 0 fully saturated rings. The summed E-state index contributed by atoms with van der Waals surface area (Å²) >= 11 is 0. The fourth-order valence-corrected chi connectivity index (χ4v) is 1.68. The number of rotatable bonds is 9. The molecule has 3 heteroatoms. The Kier molecular flexibility index (Phi) is 8.83. The van der Waals surface area contributed by atoms with E-state index in [1.165, 1.54) is 19.3 Å². The van der Waals surface area contributed by atoms with Crippen LogP contribution in [0.2, 0.25) is 0 Å². The van der Waals surface area contributed by atoms with Crippen molar-refractivity contribution in [3.63, 3.8) is 0 Å². The van der Waals surface area contributed by atoms with E-state index >= 15 is 0 Å². The Morgan fingerprint density at radius 3 is 2.22 bits per heavy atom. The summed E-state index contributed by atoms with van der Waals surface area (Å²) in [4.78, 5) is 0. The fraction of sp³-hybridized carbons (Fsp3) is 1.00. The van der Waals surface area contributed by atoms with E-state index in [0.717, 1.165) is 5.92 Å². The molecular formula is C15H33NO2. The first-order valence-corrected chi connectivity index (χ1v) is 7.26. The van der Waals surface area contributed by atoms with Crippen LogP contribution in [0.4, 0.5) is 0 Å². The number of ether oxygens (including phenoxy) is 1. The fourth-order valence-electron chi connectivity index (χ4n) is 1.68. The SMILES string of the molecule is CC(C)CCCC(C)NCC(O)COC(C)(C)C. The summed E-state index contributed by atoms with van der Waals surface area (Å²) in [5.74, 6) is 0.781. The van der Waals surface area contributed by atoms with Gasteiger partial charge in [-0.1, -0.05) is 26.7 Å². The van der Waals surface area contributed by atoms with Gasteiger partial charge in [0.05, 0.1) is 18.3 Å². The average molecular weight is 259 g/mol. The van der Waals surface area contributed by atoms with Crippen molar-refractivity contribution in [2.45, 2.75) is 78.6 Å². The Morgan fingerprint density at radius 1 is 1.11 bits per heavy atom. The van der Waals surface area contributed by atoms with E-state index < -0.39 is 6.10 Å². The zero-order chi connectivity index (χ0) is 14.2. The summed E-state index contributed by atoms with van der Waals surface area (Å²) in [5.41, 5.74) is -0.177. The maximum absolute atomic E-state index is 9.79. The predicted octanol–water partition coefficient (Wildman–Crippen LogP) is 2.97. The minimum atomic E-state index is -0.420. The van der Waals surface area contributed by atoms with Crippen molar-refractivity contribution in [3.8, 4) is 0 Å². The van der Waals surface area contributed by atoms with Crippen LogP contribution in [0.5, 0.6) is 0 Å². The number of hydrogen-bond donors (Lipinski definition) is 2. The minimum absolute atomic E-state index is 0.177. The second kappa shape index (κ2) is 8.89. The third-order valence-corrected chi connectivity index (χ3v) is 2.83. The molecule has 0 aromatic heterocycles. The Labute approximate surface area is 113 Å². The van der Waals surface area contributed by atoms with Crippen LogP contribution in [0, 0.1) is 5.92 Å². The first kappa shape index (κ1) is 17.9. The van der Waals surface area contributed by atoms with E-state index in [2.05, 4.69) is 26.1 Å². The highest BCUT2D eigenvalue weighted by atomic mass is 16.5. The molecule has 0 radical (unpaired) electrons. The molecule has 2 unspecified atom stereocenters. The van der Waals surface area contributed by atoms with Gasteiger partial charge in [0.15, 0.2) is 0 Å². The van der Waals surface area contributed by atoms with Crippen LogP contribution in [0.15, 0.2) is 0 Å². The van der Waals surface area contributed by atoms with Crippen molar-refractivity contribution < 1.29 is 9.84 Å². The van der Waals surface area contributed by atoms with Crippen LogP contribution in [0.3, 0.4) is 0 Å². The molecule has 0 heterocycles. The highest BCUT2D eigenvalue weighted by Crippen LogP contribution is 2.09. The molecule has 0 saturated carbocycles. The molecule has 0 amide bonds. The minimum Gasteiger partial charge on any atom is -0.389 e. The Morgan fingerprint density at radius 2 is 1.72 bits per heavy atom. The van der Waals surface area contributed by atoms with Gasteiger partial charge in [0, 0.05) is 12.6 Å². The highest BCUT2D eigenvalue weighted by molar-refractivity contribution is 4.67. The van der Waals surface area contributed by atoms with E-state index in [1.54, 1.807) is 0 Å². The normalized spacial score (nSPS) is 16.0. The third-order valence-electron chi connectivity index (χ3n) is 2.83. The average Bonchev–Trinajstić information content (AvgIpc) is 2.22. The molecule has 3 nitrogen and oxygen atoms in total. The second-order valence-corrected chi connectivity index (χ2v) is 6.71. The standard InChI is InChI=1S/C15H33NO2/c1-12(2)8-7-9-13(3)16-10-14(17)11-18-15(4,5)6/h12-14,16-17H,7-11H2,1-6H3. The molecule has 0 aliphatic heterocycles. The van der Waals surface area contributed by atoms with Gasteiger partial charge < -0.3 is 15.2 Å². The molecule has 2 atom stereocenters. The summed E-state index contributed by atoms with van der Waals surface area (Å²) in [5, 5.41) is 13.1. The van der Waals surface area contributed by atoms with Crippen LogP contribution in [0.25, 0.3) is 0 Å². The lowest BCUT2D eigenvalue weighted by molar-refractivity contribution is -0.0483. The largest absolute Gasteiger partial charge is 0.389 e. The lowest BCUT2D eigenvalue weighted by Crippen LogP contribution is -2.37. The molecule has 0 saturated heterocycles. The molecule has 0 aromatic carbocycles. The van der Waals surface area contributed by atoms with Gasteiger partial charge in [-0.15, -0.1) is 0 Å². The first-order chi connectivity index (χ1) is 8.20. The quantitative estimate of drug-likeness (QED) is 0.669. The van der Waals surface area contributed by atoms with Crippen molar-refractivity contribution >= 4 is 0 Å².